The number of nitrogens with one attached hydrogen (secondary N) is 1. The second-order valence-electron chi connectivity index (χ2n) is 6.82. The molecule has 24 heavy (non-hydrogen) atoms. The molecule has 3 rings (SSSR count). The van der Waals surface area contributed by atoms with Crippen LogP contribution in [0.15, 0.2) is 48.5 Å². The van der Waals surface area contributed by atoms with E-state index < -0.39 is 0 Å². The second kappa shape index (κ2) is 6.63. The van der Waals surface area contributed by atoms with Crippen molar-refractivity contribution < 1.29 is 13.9 Å². The summed E-state index contributed by atoms with van der Waals surface area (Å²) in [6, 6.07) is 14.3. The summed E-state index contributed by atoms with van der Waals surface area (Å²) in [7, 11) is 0. The normalized spacial score (nSPS) is 18.4. The molecule has 1 N–H and O–H groups in total. The Morgan fingerprint density at radius 1 is 1.21 bits per heavy atom. The highest BCUT2D eigenvalue weighted by Gasteiger charge is 2.34. The average Bonchev–Trinajstić information content (AvgIpc) is 2.53. The van der Waals surface area contributed by atoms with Gasteiger partial charge in [0.2, 0.25) is 5.91 Å². The summed E-state index contributed by atoms with van der Waals surface area (Å²) in [6.45, 7) is 4.03. The van der Waals surface area contributed by atoms with E-state index in [4.69, 9.17) is 4.74 Å². The number of hydrogen-bond donors (Lipinski definition) is 1. The third kappa shape index (κ3) is 3.75. The minimum atomic E-state index is -0.335. The molecule has 0 radical (unpaired) electrons. The molecule has 1 aliphatic heterocycles. The number of hydrogen-bond acceptors (Lipinski definition) is 2. The standard InChI is InChI=1S/C20H22FNO2/c1-20(2)13-17(15-8-4-6-10-18(15)24-20)22-19(23)12-11-14-7-3-5-9-16(14)21/h3-10,17H,11-13H2,1-2H3,(H,22,23)/t17-/m0/s1. The Labute approximate surface area is 141 Å². The largest absolute Gasteiger partial charge is 0.487 e. The van der Waals surface area contributed by atoms with E-state index in [0.29, 0.717) is 18.4 Å². The van der Waals surface area contributed by atoms with Crippen molar-refractivity contribution in [1.82, 2.24) is 5.32 Å². The van der Waals surface area contributed by atoms with Crippen LogP contribution in [0.2, 0.25) is 0 Å². The smallest absolute Gasteiger partial charge is 0.220 e. The van der Waals surface area contributed by atoms with Gasteiger partial charge in [-0.1, -0.05) is 36.4 Å². The van der Waals surface area contributed by atoms with Crippen LogP contribution in [0, 0.1) is 5.82 Å². The minimum Gasteiger partial charge on any atom is -0.487 e. The zero-order valence-electron chi connectivity index (χ0n) is 14.0. The molecule has 0 bridgehead atoms. The van der Waals surface area contributed by atoms with Gasteiger partial charge in [-0.3, -0.25) is 4.79 Å². The number of ether oxygens (including phenoxy) is 1. The number of amides is 1. The highest BCUT2D eigenvalue weighted by Crippen LogP contribution is 2.39. The molecule has 4 heteroatoms. The van der Waals surface area contributed by atoms with Crippen molar-refractivity contribution in [2.24, 2.45) is 0 Å². The third-order valence-electron chi connectivity index (χ3n) is 4.29. The Bertz CT molecular complexity index is 742. The van der Waals surface area contributed by atoms with E-state index in [-0.39, 0.29) is 29.8 Å². The molecule has 0 fully saturated rings. The van der Waals surface area contributed by atoms with Crippen LogP contribution < -0.4 is 10.1 Å². The minimum absolute atomic E-state index is 0.0734. The van der Waals surface area contributed by atoms with E-state index in [9.17, 15) is 9.18 Å². The first-order chi connectivity index (χ1) is 11.4. The Hall–Kier alpha value is -2.36. The third-order valence-corrected chi connectivity index (χ3v) is 4.29. The number of carbonyl (C=O) groups is 1. The quantitative estimate of drug-likeness (QED) is 0.915. The van der Waals surface area contributed by atoms with Crippen molar-refractivity contribution in [1.29, 1.82) is 0 Å². The lowest BCUT2D eigenvalue weighted by molar-refractivity contribution is -0.122. The maximum Gasteiger partial charge on any atom is 0.220 e. The summed E-state index contributed by atoms with van der Waals surface area (Å²) in [5.41, 5.74) is 1.23. The summed E-state index contributed by atoms with van der Waals surface area (Å²) >= 11 is 0. The zero-order chi connectivity index (χ0) is 17.2. The maximum absolute atomic E-state index is 13.6. The molecular weight excluding hydrogens is 305 g/mol. The molecule has 3 nitrogen and oxygen atoms in total. The van der Waals surface area contributed by atoms with Gasteiger partial charge in [0.15, 0.2) is 0 Å². The topological polar surface area (TPSA) is 38.3 Å². The number of para-hydroxylation sites is 1. The van der Waals surface area contributed by atoms with Gasteiger partial charge in [0.05, 0.1) is 6.04 Å². The maximum atomic E-state index is 13.6. The molecule has 2 aromatic carbocycles. The average molecular weight is 327 g/mol. The van der Waals surface area contributed by atoms with Crippen LogP contribution in [-0.2, 0) is 11.2 Å². The molecule has 0 aromatic heterocycles. The number of halogens is 1. The fourth-order valence-corrected chi connectivity index (χ4v) is 3.15. The predicted octanol–water partition coefficient (Wildman–Crippen LogP) is 4.18. The van der Waals surface area contributed by atoms with E-state index in [2.05, 4.69) is 5.32 Å². The van der Waals surface area contributed by atoms with Crippen LogP contribution in [0.1, 0.15) is 43.9 Å². The molecule has 0 unspecified atom stereocenters. The Morgan fingerprint density at radius 3 is 2.71 bits per heavy atom. The van der Waals surface area contributed by atoms with Crippen LogP contribution in [0.3, 0.4) is 0 Å². The van der Waals surface area contributed by atoms with Crippen LogP contribution in [0.25, 0.3) is 0 Å². The van der Waals surface area contributed by atoms with Crippen molar-refractivity contribution in [2.75, 3.05) is 0 Å². The first-order valence-electron chi connectivity index (χ1n) is 8.25. The number of rotatable bonds is 4. The summed E-state index contributed by atoms with van der Waals surface area (Å²) in [6.07, 6.45) is 1.36. The van der Waals surface area contributed by atoms with Crippen LogP contribution in [0.4, 0.5) is 4.39 Å². The van der Waals surface area contributed by atoms with Crippen LogP contribution in [0.5, 0.6) is 5.75 Å². The molecule has 0 saturated heterocycles. The highest BCUT2D eigenvalue weighted by molar-refractivity contribution is 5.77. The Morgan fingerprint density at radius 2 is 1.92 bits per heavy atom. The molecule has 1 aliphatic rings. The van der Waals surface area contributed by atoms with E-state index in [1.807, 2.05) is 38.1 Å². The van der Waals surface area contributed by atoms with Crippen LogP contribution in [-0.4, -0.2) is 11.5 Å². The van der Waals surface area contributed by atoms with Crippen molar-refractivity contribution in [3.8, 4) is 5.75 Å². The van der Waals surface area contributed by atoms with E-state index >= 15 is 0 Å². The van der Waals surface area contributed by atoms with Gasteiger partial charge >= 0.3 is 0 Å². The molecule has 0 saturated carbocycles. The molecule has 2 aromatic rings. The van der Waals surface area contributed by atoms with Gasteiger partial charge < -0.3 is 10.1 Å². The van der Waals surface area contributed by atoms with Gasteiger partial charge in [-0.05, 0) is 38.0 Å². The van der Waals surface area contributed by atoms with Gasteiger partial charge in [-0.15, -0.1) is 0 Å². The highest BCUT2D eigenvalue weighted by atomic mass is 19.1. The summed E-state index contributed by atoms with van der Waals surface area (Å²) < 4.78 is 19.6. The zero-order valence-corrected chi connectivity index (χ0v) is 14.0. The molecule has 0 aliphatic carbocycles. The Balaban J connectivity index is 1.67. The fraction of sp³-hybridized carbons (Fsp3) is 0.350. The van der Waals surface area contributed by atoms with Gasteiger partial charge in [0.25, 0.3) is 0 Å². The SMILES string of the molecule is CC1(C)C[C@H](NC(=O)CCc2ccccc2F)c2ccccc2O1. The predicted molar refractivity (Wildman–Crippen MR) is 91.4 cm³/mol. The molecular formula is C20H22FNO2. The summed E-state index contributed by atoms with van der Waals surface area (Å²) in [5.74, 6) is 0.478. The molecule has 126 valence electrons. The first-order valence-corrected chi connectivity index (χ1v) is 8.25. The molecule has 1 amide bonds. The van der Waals surface area contributed by atoms with E-state index in [1.54, 1.807) is 18.2 Å². The molecule has 0 spiro atoms. The lowest BCUT2D eigenvalue weighted by Crippen LogP contribution is -2.41. The van der Waals surface area contributed by atoms with Crippen molar-refractivity contribution in [3.05, 3.63) is 65.5 Å². The van der Waals surface area contributed by atoms with Crippen molar-refractivity contribution in [2.45, 2.75) is 44.8 Å². The monoisotopic (exact) mass is 327 g/mol. The molecule has 1 heterocycles. The van der Waals surface area contributed by atoms with Gasteiger partial charge in [-0.2, -0.15) is 0 Å². The number of aryl methyl sites for hydroxylation is 1. The van der Waals surface area contributed by atoms with Crippen LogP contribution >= 0.6 is 0 Å². The summed E-state index contributed by atoms with van der Waals surface area (Å²) in [4.78, 5) is 12.3. The summed E-state index contributed by atoms with van der Waals surface area (Å²) in [5, 5.41) is 3.08. The van der Waals surface area contributed by atoms with Gasteiger partial charge in [-0.25, -0.2) is 4.39 Å². The lowest BCUT2D eigenvalue weighted by Gasteiger charge is -2.37. The first kappa shape index (κ1) is 16.5. The van der Waals surface area contributed by atoms with Gasteiger partial charge in [0, 0.05) is 18.4 Å². The fourth-order valence-electron chi connectivity index (χ4n) is 3.15. The Kier molecular flexibility index (Phi) is 4.56. The number of fused-ring (bicyclic) bond motifs is 1. The van der Waals surface area contributed by atoms with E-state index in [0.717, 1.165) is 11.3 Å². The van der Waals surface area contributed by atoms with E-state index in [1.165, 1.54) is 6.07 Å². The number of benzene rings is 2. The van der Waals surface area contributed by atoms with Gasteiger partial charge in [0.1, 0.15) is 17.2 Å². The van der Waals surface area contributed by atoms with Crippen molar-refractivity contribution in [3.63, 3.8) is 0 Å². The van der Waals surface area contributed by atoms with Crippen molar-refractivity contribution >= 4 is 5.91 Å². The second-order valence-corrected chi connectivity index (χ2v) is 6.82. The molecule has 1 atom stereocenters. The lowest BCUT2D eigenvalue weighted by atomic mass is 9.89. The number of carbonyl (C=O) groups excluding carboxylic acids is 1.